The Morgan fingerprint density at radius 3 is 2.59 bits per heavy atom. The normalized spacial score (nSPS) is 14.9. The number of para-hydroxylation sites is 1. The fourth-order valence-electron chi connectivity index (χ4n) is 4.03. The van der Waals surface area contributed by atoms with E-state index in [9.17, 15) is 19.2 Å². The zero-order chi connectivity index (χ0) is 26.3. The van der Waals surface area contributed by atoms with Crippen LogP contribution in [0.4, 0.5) is 10.5 Å². The average Bonchev–Trinajstić information content (AvgIpc) is 3.48. The Labute approximate surface area is 219 Å². The summed E-state index contributed by atoms with van der Waals surface area (Å²) in [6.45, 7) is 0.273. The van der Waals surface area contributed by atoms with E-state index < -0.39 is 23.8 Å². The summed E-state index contributed by atoms with van der Waals surface area (Å²) in [4.78, 5) is 51.1. The Kier molecular flexibility index (Phi) is 6.32. The van der Waals surface area contributed by atoms with Crippen molar-refractivity contribution in [3.63, 3.8) is 0 Å². The quantitative estimate of drug-likeness (QED) is 0.217. The number of urea groups is 1. The number of nitrogens with zero attached hydrogens (tertiary/aromatic N) is 2. The fraction of sp³-hybridized carbons (Fsp3) is 0.0769. The van der Waals surface area contributed by atoms with Crippen LogP contribution in [0.2, 0.25) is 10.0 Å². The molecule has 1 aliphatic rings. The van der Waals surface area contributed by atoms with Crippen LogP contribution >= 0.6 is 23.2 Å². The van der Waals surface area contributed by atoms with E-state index in [4.69, 9.17) is 27.6 Å². The van der Waals surface area contributed by atoms with E-state index in [2.05, 4.69) is 10.1 Å². The van der Waals surface area contributed by atoms with Crippen molar-refractivity contribution in [2.75, 3.05) is 12.0 Å². The van der Waals surface area contributed by atoms with Gasteiger partial charge in [-0.15, -0.1) is 0 Å². The number of hydrogen-bond donors (Lipinski definition) is 1. The zero-order valence-corrected chi connectivity index (χ0v) is 20.7. The third-order valence-corrected chi connectivity index (χ3v) is 6.50. The second kappa shape index (κ2) is 9.61. The van der Waals surface area contributed by atoms with Crippen molar-refractivity contribution in [2.45, 2.75) is 6.54 Å². The number of methoxy groups -OCH3 is 1. The van der Waals surface area contributed by atoms with Crippen LogP contribution in [0.1, 0.15) is 21.9 Å². The number of carbonyl (C=O) groups excluding carboxylic acids is 4. The summed E-state index contributed by atoms with van der Waals surface area (Å²) in [5, 5.41) is 3.36. The van der Waals surface area contributed by atoms with Crippen molar-refractivity contribution in [1.29, 1.82) is 0 Å². The summed E-state index contributed by atoms with van der Waals surface area (Å²) in [7, 11) is 1.27. The van der Waals surface area contributed by atoms with Crippen LogP contribution < -0.4 is 10.2 Å². The average molecular weight is 538 g/mol. The Bertz CT molecular complexity index is 1630. The summed E-state index contributed by atoms with van der Waals surface area (Å²) in [5.74, 6) is -1.64. The molecule has 0 bridgehead atoms. The van der Waals surface area contributed by atoms with E-state index in [1.807, 2.05) is 28.8 Å². The second-order valence-corrected chi connectivity index (χ2v) is 8.86. The summed E-state index contributed by atoms with van der Waals surface area (Å²) in [6, 6.07) is 14.0. The number of aromatic nitrogens is 1. The minimum atomic E-state index is -0.896. The number of amides is 4. The molecule has 11 heteroatoms. The van der Waals surface area contributed by atoms with Gasteiger partial charge in [0.1, 0.15) is 11.3 Å². The molecular formula is C26H17Cl2N3O6. The van der Waals surface area contributed by atoms with Gasteiger partial charge < -0.3 is 13.7 Å². The van der Waals surface area contributed by atoms with Crippen molar-refractivity contribution in [3.8, 4) is 0 Å². The number of halogens is 2. The van der Waals surface area contributed by atoms with Gasteiger partial charge >= 0.3 is 12.0 Å². The number of furan rings is 1. The first kappa shape index (κ1) is 24.4. The lowest BCUT2D eigenvalue weighted by molar-refractivity contribution is -0.122. The fourth-order valence-corrected chi connectivity index (χ4v) is 4.33. The van der Waals surface area contributed by atoms with Crippen LogP contribution in [-0.4, -0.2) is 35.5 Å². The molecule has 2 aromatic heterocycles. The predicted molar refractivity (Wildman–Crippen MR) is 137 cm³/mol. The Hall–Kier alpha value is -4.34. The minimum Gasteiger partial charge on any atom is -0.463 e. The number of imide groups is 2. The maximum absolute atomic E-state index is 13.3. The Morgan fingerprint density at radius 1 is 1.05 bits per heavy atom. The van der Waals surface area contributed by atoms with E-state index in [1.165, 1.54) is 37.5 Å². The highest BCUT2D eigenvalue weighted by Gasteiger charge is 2.37. The lowest BCUT2D eigenvalue weighted by atomic mass is 10.1. The monoisotopic (exact) mass is 537 g/mol. The molecule has 5 rings (SSSR count). The molecule has 0 radical (unpaired) electrons. The van der Waals surface area contributed by atoms with Crippen LogP contribution in [0.3, 0.4) is 0 Å². The lowest BCUT2D eigenvalue weighted by Crippen LogP contribution is -2.54. The number of rotatable bonds is 5. The van der Waals surface area contributed by atoms with Gasteiger partial charge in [0.25, 0.3) is 11.8 Å². The molecule has 37 heavy (non-hydrogen) atoms. The summed E-state index contributed by atoms with van der Waals surface area (Å²) < 4.78 is 12.1. The molecule has 2 aromatic carbocycles. The van der Waals surface area contributed by atoms with Crippen LogP contribution in [0.15, 0.2) is 70.8 Å². The Balaban J connectivity index is 1.53. The van der Waals surface area contributed by atoms with Gasteiger partial charge in [0.2, 0.25) is 5.76 Å². The third-order valence-electron chi connectivity index (χ3n) is 5.76. The first-order valence-corrected chi connectivity index (χ1v) is 11.6. The van der Waals surface area contributed by atoms with Crippen molar-refractivity contribution in [1.82, 2.24) is 9.88 Å². The van der Waals surface area contributed by atoms with Crippen LogP contribution in [0.5, 0.6) is 0 Å². The number of ether oxygens (including phenoxy) is 1. The van der Waals surface area contributed by atoms with Crippen LogP contribution in [0, 0.1) is 0 Å². The maximum Gasteiger partial charge on any atom is 0.373 e. The van der Waals surface area contributed by atoms with E-state index in [1.54, 1.807) is 12.3 Å². The van der Waals surface area contributed by atoms with Gasteiger partial charge in [-0.1, -0.05) is 41.4 Å². The van der Waals surface area contributed by atoms with E-state index in [-0.39, 0.29) is 33.6 Å². The number of barbiturate groups is 1. The largest absolute Gasteiger partial charge is 0.463 e. The molecule has 4 aromatic rings. The van der Waals surface area contributed by atoms with Gasteiger partial charge in [-0.2, -0.15) is 0 Å². The smallest absolute Gasteiger partial charge is 0.373 e. The highest BCUT2D eigenvalue weighted by atomic mass is 35.5. The number of anilines is 1. The van der Waals surface area contributed by atoms with Gasteiger partial charge in [0.15, 0.2) is 0 Å². The lowest BCUT2D eigenvalue weighted by Gasteiger charge is -2.26. The molecule has 4 amide bonds. The van der Waals surface area contributed by atoms with Crippen LogP contribution in [-0.2, 0) is 20.9 Å². The van der Waals surface area contributed by atoms with Crippen molar-refractivity contribution >= 4 is 69.7 Å². The van der Waals surface area contributed by atoms with Crippen molar-refractivity contribution < 1.29 is 28.3 Å². The van der Waals surface area contributed by atoms with E-state index in [0.29, 0.717) is 11.3 Å². The Morgan fingerprint density at radius 2 is 1.84 bits per heavy atom. The number of carbonyl (C=O) groups is 4. The molecular weight excluding hydrogens is 521 g/mol. The molecule has 1 saturated heterocycles. The second-order valence-electron chi connectivity index (χ2n) is 8.04. The van der Waals surface area contributed by atoms with E-state index in [0.717, 1.165) is 15.8 Å². The summed E-state index contributed by atoms with van der Waals surface area (Å²) in [5.41, 5.74) is 1.29. The molecule has 1 fully saturated rings. The number of nitrogens with one attached hydrogen (secondary N) is 1. The van der Waals surface area contributed by atoms with Gasteiger partial charge in [-0.3, -0.25) is 14.9 Å². The molecule has 0 aliphatic carbocycles. The minimum absolute atomic E-state index is 0.0767. The van der Waals surface area contributed by atoms with Gasteiger partial charge in [-0.25, -0.2) is 14.5 Å². The number of esters is 1. The molecule has 0 spiro atoms. The SMILES string of the molecule is COC(=O)c1ccc(Cn2cc(/C=C3\C(=O)NC(=O)N(c4ccc(Cl)c(Cl)c4)C3=O)c3ccccc32)o1. The van der Waals surface area contributed by atoms with Crippen molar-refractivity contribution in [3.05, 3.63) is 93.5 Å². The summed E-state index contributed by atoms with van der Waals surface area (Å²) in [6.07, 6.45) is 3.17. The number of hydrogen-bond acceptors (Lipinski definition) is 6. The van der Waals surface area contributed by atoms with Gasteiger partial charge in [0.05, 0.1) is 29.4 Å². The van der Waals surface area contributed by atoms with E-state index >= 15 is 0 Å². The topological polar surface area (TPSA) is 111 Å². The third kappa shape index (κ3) is 4.50. The predicted octanol–water partition coefficient (Wildman–Crippen LogP) is 5.04. The zero-order valence-electron chi connectivity index (χ0n) is 19.2. The molecule has 0 unspecified atom stereocenters. The van der Waals surface area contributed by atoms with Crippen LogP contribution in [0.25, 0.3) is 17.0 Å². The molecule has 186 valence electrons. The number of fused-ring (bicyclic) bond motifs is 1. The standard InChI is InChI=1S/C26H17Cl2N3O6/c1-36-25(34)22-9-7-16(37-22)13-30-12-14(17-4-2-3-5-21(17)30)10-18-23(32)29-26(35)31(24(18)33)15-6-8-19(27)20(28)11-15/h2-12H,13H2,1H3,(H,29,32,35)/b18-10+. The molecule has 1 aliphatic heterocycles. The first-order chi connectivity index (χ1) is 17.8. The molecule has 3 heterocycles. The van der Waals surface area contributed by atoms with Crippen molar-refractivity contribution in [2.24, 2.45) is 0 Å². The maximum atomic E-state index is 13.3. The molecule has 0 atom stereocenters. The molecule has 9 nitrogen and oxygen atoms in total. The highest BCUT2D eigenvalue weighted by molar-refractivity contribution is 6.43. The number of benzene rings is 2. The summed E-state index contributed by atoms with van der Waals surface area (Å²) >= 11 is 12.0. The molecule has 1 N–H and O–H groups in total. The highest BCUT2D eigenvalue weighted by Crippen LogP contribution is 2.31. The van der Waals surface area contributed by atoms with Gasteiger partial charge in [-0.05, 0) is 42.5 Å². The van der Waals surface area contributed by atoms with Gasteiger partial charge in [0, 0.05) is 22.7 Å². The first-order valence-electron chi connectivity index (χ1n) is 10.9. The molecule has 0 saturated carbocycles.